The lowest BCUT2D eigenvalue weighted by molar-refractivity contribution is 0.212. The lowest BCUT2D eigenvalue weighted by Gasteiger charge is -2.32. The molecule has 1 aliphatic rings. The van der Waals surface area contributed by atoms with Crippen molar-refractivity contribution in [1.82, 2.24) is 10.2 Å². The van der Waals surface area contributed by atoms with Gasteiger partial charge in [-0.1, -0.05) is 30.3 Å². The maximum atomic E-state index is 12.4. The highest BCUT2D eigenvalue weighted by atomic mass is 16.5. The molecule has 6 heteroatoms. The number of carbonyl (C=O) groups is 1. The third-order valence-corrected chi connectivity index (χ3v) is 4.61. The van der Waals surface area contributed by atoms with Gasteiger partial charge in [-0.3, -0.25) is 0 Å². The molecule has 1 N–H and O–H groups in total. The first-order valence-corrected chi connectivity index (χ1v) is 8.77. The monoisotopic (exact) mass is 368 g/mol. The van der Waals surface area contributed by atoms with E-state index in [2.05, 4.69) is 5.32 Å². The zero-order valence-corrected chi connectivity index (χ0v) is 16.0. The largest absolute Gasteiger partial charge is 0.493 e. The molecule has 142 valence electrons. The predicted molar refractivity (Wildman–Crippen MR) is 104 cm³/mol. The van der Waals surface area contributed by atoms with Gasteiger partial charge in [0.2, 0.25) is 5.75 Å². The molecule has 27 heavy (non-hydrogen) atoms. The fraction of sp³-hybridized carbons (Fsp3) is 0.286. The summed E-state index contributed by atoms with van der Waals surface area (Å²) in [7, 11) is 4.75. The summed E-state index contributed by atoms with van der Waals surface area (Å²) in [5.41, 5.74) is 2.83. The van der Waals surface area contributed by atoms with Gasteiger partial charge in [0.1, 0.15) is 0 Å². The van der Waals surface area contributed by atoms with Crippen LogP contribution in [0.3, 0.4) is 0 Å². The van der Waals surface area contributed by atoms with Crippen LogP contribution in [0.4, 0.5) is 4.79 Å². The molecule has 1 heterocycles. The van der Waals surface area contributed by atoms with E-state index >= 15 is 0 Å². The average molecular weight is 368 g/mol. The Kier molecular flexibility index (Phi) is 5.54. The van der Waals surface area contributed by atoms with Gasteiger partial charge in [0.25, 0.3) is 0 Å². The molecule has 2 aromatic carbocycles. The summed E-state index contributed by atoms with van der Waals surface area (Å²) < 4.78 is 16.4. The van der Waals surface area contributed by atoms with Crippen molar-refractivity contribution >= 4 is 11.6 Å². The van der Waals surface area contributed by atoms with Crippen LogP contribution in [0.1, 0.15) is 24.1 Å². The van der Waals surface area contributed by atoms with Crippen LogP contribution in [-0.2, 0) is 0 Å². The molecule has 1 aliphatic heterocycles. The second-order valence-corrected chi connectivity index (χ2v) is 6.08. The smallest absolute Gasteiger partial charge is 0.322 e. The van der Waals surface area contributed by atoms with Crippen molar-refractivity contribution in [3.63, 3.8) is 0 Å². The van der Waals surface area contributed by atoms with Gasteiger partial charge in [-0.05, 0) is 30.2 Å². The van der Waals surface area contributed by atoms with Crippen molar-refractivity contribution in [1.29, 1.82) is 0 Å². The van der Waals surface area contributed by atoms with Crippen molar-refractivity contribution in [2.45, 2.75) is 13.0 Å². The zero-order valence-electron chi connectivity index (χ0n) is 16.0. The Hall–Kier alpha value is -3.15. The maximum Gasteiger partial charge on any atom is 0.322 e. The van der Waals surface area contributed by atoms with Crippen LogP contribution in [-0.4, -0.2) is 38.8 Å². The fourth-order valence-electron chi connectivity index (χ4n) is 3.22. The molecule has 0 saturated carbocycles. The number of rotatable bonds is 6. The lowest BCUT2D eigenvalue weighted by atomic mass is 9.91. The fourth-order valence-corrected chi connectivity index (χ4v) is 3.22. The number of hydrogen-bond donors (Lipinski definition) is 1. The normalized spacial score (nSPS) is 16.4. The van der Waals surface area contributed by atoms with Gasteiger partial charge in [0.05, 0.1) is 27.4 Å². The Bertz CT molecular complexity index is 824. The molecular formula is C21H24N2O4. The topological polar surface area (TPSA) is 60.0 Å². The van der Waals surface area contributed by atoms with Gasteiger partial charge >= 0.3 is 6.03 Å². The molecule has 0 saturated heterocycles. The number of hydrogen-bond acceptors (Lipinski definition) is 4. The van der Waals surface area contributed by atoms with Crippen LogP contribution in [0, 0.1) is 0 Å². The van der Waals surface area contributed by atoms with E-state index in [-0.39, 0.29) is 12.1 Å². The number of methoxy groups -OCH3 is 3. The summed E-state index contributed by atoms with van der Waals surface area (Å²) in [6.07, 6.45) is 1.89. The van der Waals surface area contributed by atoms with Gasteiger partial charge in [-0.25, -0.2) is 4.79 Å². The molecule has 0 radical (unpaired) electrons. The Morgan fingerprint density at radius 1 is 1.00 bits per heavy atom. The Balaban J connectivity index is 2.16. The van der Waals surface area contributed by atoms with Crippen LogP contribution in [0.15, 0.2) is 48.7 Å². The summed E-state index contributed by atoms with van der Waals surface area (Å²) >= 11 is 0. The van der Waals surface area contributed by atoms with E-state index < -0.39 is 0 Å². The summed E-state index contributed by atoms with van der Waals surface area (Å²) in [5, 5.41) is 3.09. The standard InChI is InChI=1S/C21H24N2O4/c1-5-23-13-16(19(22-21(23)24)14-9-7-6-8-10-14)15-11-17(25-2)20(27-4)18(12-15)26-3/h6-13,19H,5H2,1-4H3,(H,22,24). The van der Waals surface area contributed by atoms with E-state index in [1.165, 1.54) is 0 Å². The minimum Gasteiger partial charge on any atom is -0.493 e. The molecule has 1 atom stereocenters. The summed E-state index contributed by atoms with van der Waals surface area (Å²) in [6.45, 7) is 2.51. The Morgan fingerprint density at radius 3 is 2.15 bits per heavy atom. The Labute approximate surface area is 159 Å². The molecular weight excluding hydrogens is 344 g/mol. The summed E-state index contributed by atoms with van der Waals surface area (Å²) in [5.74, 6) is 1.67. The minimum atomic E-state index is -0.274. The average Bonchev–Trinajstić information content (AvgIpc) is 2.72. The van der Waals surface area contributed by atoms with Crippen LogP contribution < -0.4 is 19.5 Å². The summed E-state index contributed by atoms with van der Waals surface area (Å²) in [4.78, 5) is 14.1. The van der Waals surface area contributed by atoms with E-state index in [0.717, 1.165) is 16.7 Å². The van der Waals surface area contributed by atoms with E-state index in [1.54, 1.807) is 26.2 Å². The van der Waals surface area contributed by atoms with Crippen LogP contribution >= 0.6 is 0 Å². The minimum absolute atomic E-state index is 0.123. The van der Waals surface area contributed by atoms with Crippen molar-refractivity contribution in [3.8, 4) is 17.2 Å². The second-order valence-electron chi connectivity index (χ2n) is 6.08. The molecule has 0 aromatic heterocycles. The van der Waals surface area contributed by atoms with Crippen molar-refractivity contribution in [2.24, 2.45) is 0 Å². The third kappa shape index (κ3) is 3.56. The first-order chi connectivity index (χ1) is 13.1. The molecule has 2 amide bonds. The van der Waals surface area contributed by atoms with Gasteiger partial charge in [0, 0.05) is 18.3 Å². The van der Waals surface area contributed by atoms with Crippen molar-refractivity contribution in [3.05, 3.63) is 59.8 Å². The van der Waals surface area contributed by atoms with Gasteiger partial charge in [-0.2, -0.15) is 0 Å². The molecule has 3 rings (SSSR count). The number of ether oxygens (including phenoxy) is 3. The summed E-state index contributed by atoms with van der Waals surface area (Å²) in [6, 6.07) is 13.3. The predicted octanol–water partition coefficient (Wildman–Crippen LogP) is 3.84. The van der Waals surface area contributed by atoms with Crippen LogP contribution in [0.25, 0.3) is 5.57 Å². The number of amides is 2. The van der Waals surface area contributed by atoms with Gasteiger partial charge < -0.3 is 24.4 Å². The number of urea groups is 1. The highest BCUT2D eigenvalue weighted by molar-refractivity contribution is 5.87. The molecule has 2 aromatic rings. The molecule has 6 nitrogen and oxygen atoms in total. The molecule has 1 unspecified atom stereocenters. The molecule has 0 fully saturated rings. The lowest BCUT2D eigenvalue weighted by Crippen LogP contribution is -2.43. The highest BCUT2D eigenvalue weighted by Crippen LogP contribution is 2.43. The van der Waals surface area contributed by atoms with Crippen molar-refractivity contribution in [2.75, 3.05) is 27.9 Å². The quantitative estimate of drug-likeness (QED) is 0.842. The third-order valence-electron chi connectivity index (χ3n) is 4.61. The number of carbonyl (C=O) groups excluding carboxylic acids is 1. The molecule has 0 bridgehead atoms. The second kappa shape index (κ2) is 8.03. The van der Waals surface area contributed by atoms with E-state index in [4.69, 9.17) is 14.2 Å². The van der Waals surface area contributed by atoms with Crippen LogP contribution in [0.2, 0.25) is 0 Å². The first kappa shape index (κ1) is 18.6. The first-order valence-electron chi connectivity index (χ1n) is 8.77. The van der Waals surface area contributed by atoms with Gasteiger partial charge in [0.15, 0.2) is 11.5 Å². The maximum absolute atomic E-state index is 12.4. The Morgan fingerprint density at radius 2 is 1.63 bits per heavy atom. The van der Waals surface area contributed by atoms with E-state index in [1.807, 2.05) is 55.6 Å². The van der Waals surface area contributed by atoms with E-state index in [9.17, 15) is 4.79 Å². The van der Waals surface area contributed by atoms with Crippen molar-refractivity contribution < 1.29 is 19.0 Å². The van der Waals surface area contributed by atoms with Gasteiger partial charge in [-0.15, -0.1) is 0 Å². The number of benzene rings is 2. The van der Waals surface area contributed by atoms with Crippen LogP contribution in [0.5, 0.6) is 17.2 Å². The number of nitrogens with zero attached hydrogens (tertiary/aromatic N) is 1. The molecule has 0 spiro atoms. The zero-order chi connectivity index (χ0) is 19.4. The molecule has 0 aliphatic carbocycles. The number of nitrogens with one attached hydrogen (secondary N) is 1. The SMILES string of the molecule is CCN1C=C(c2cc(OC)c(OC)c(OC)c2)C(c2ccccc2)NC1=O. The van der Waals surface area contributed by atoms with E-state index in [0.29, 0.717) is 23.8 Å². The highest BCUT2D eigenvalue weighted by Gasteiger charge is 2.29.